The van der Waals surface area contributed by atoms with E-state index < -0.39 is 5.91 Å². The van der Waals surface area contributed by atoms with Gasteiger partial charge >= 0.3 is 0 Å². The standard InChI is InChI=1S/C6H8ClN5O/c1-2-3(6(13)12-9)11-4(7)5(8)10-2/h9H2,1H3,(H2,8,10)(H,12,13). The van der Waals surface area contributed by atoms with Crippen LogP contribution in [0.1, 0.15) is 16.2 Å². The molecule has 6 nitrogen and oxygen atoms in total. The Balaban J connectivity index is 3.23. The summed E-state index contributed by atoms with van der Waals surface area (Å²) in [5, 5.41) is -0.0100. The van der Waals surface area contributed by atoms with Crippen LogP contribution in [0.15, 0.2) is 0 Å². The van der Waals surface area contributed by atoms with Gasteiger partial charge in [-0.05, 0) is 6.92 Å². The molecule has 0 spiro atoms. The average Bonchev–Trinajstić information content (AvgIpc) is 2.10. The van der Waals surface area contributed by atoms with Gasteiger partial charge in [-0.3, -0.25) is 10.2 Å². The van der Waals surface area contributed by atoms with Gasteiger partial charge in [0.05, 0.1) is 5.69 Å². The molecule has 70 valence electrons. The minimum atomic E-state index is -0.549. The number of nitrogen functional groups attached to an aromatic ring is 2. The fraction of sp³-hybridized carbons (Fsp3) is 0.167. The van der Waals surface area contributed by atoms with E-state index >= 15 is 0 Å². The van der Waals surface area contributed by atoms with Gasteiger partial charge in [-0.1, -0.05) is 11.6 Å². The number of amides is 1. The van der Waals surface area contributed by atoms with Crippen LogP contribution >= 0.6 is 11.6 Å². The largest absolute Gasteiger partial charge is 0.381 e. The highest BCUT2D eigenvalue weighted by Gasteiger charge is 2.13. The van der Waals surface area contributed by atoms with E-state index in [0.717, 1.165) is 0 Å². The zero-order valence-corrected chi connectivity index (χ0v) is 7.59. The van der Waals surface area contributed by atoms with E-state index in [-0.39, 0.29) is 16.7 Å². The summed E-state index contributed by atoms with van der Waals surface area (Å²) in [5.74, 6) is 4.46. The summed E-state index contributed by atoms with van der Waals surface area (Å²) in [6, 6.07) is 0. The maximum Gasteiger partial charge on any atom is 0.285 e. The van der Waals surface area contributed by atoms with Gasteiger partial charge in [0.1, 0.15) is 0 Å². The molecule has 1 rings (SSSR count). The Bertz CT molecular complexity index is 353. The Hall–Kier alpha value is -1.40. The van der Waals surface area contributed by atoms with Crippen molar-refractivity contribution in [1.82, 2.24) is 15.4 Å². The predicted octanol–water partition coefficient (Wildman–Crippen LogP) is -0.376. The first-order valence-corrected chi connectivity index (χ1v) is 3.74. The molecular weight excluding hydrogens is 194 g/mol. The molecule has 0 saturated heterocycles. The molecule has 0 fully saturated rings. The normalized spacial score (nSPS) is 9.77. The van der Waals surface area contributed by atoms with Crippen molar-refractivity contribution in [1.29, 1.82) is 0 Å². The number of rotatable bonds is 1. The molecule has 0 aliphatic carbocycles. The summed E-state index contributed by atoms with van der Waals surface area (Å²) in [7, 11) is 0. The van der Waals surface area contributed by atoms with Crippen LogP contribution in [0.25, 0.3) is 0 Å². The van der Waals surface area contributed by atoms with E-state index in [2.05, 4.69) is 9.97 Å². The maximum absolute atomic E-state index is 11.1. The highest BCUT2D eigenvalue weighted by molar-refractivity contribution is 6.31. The molecule has 0 aliphatic heterocycles. The zero-order chi connectivity index (χ0) is 10.0. The van der Waals surface area contributed by atoms with Crippen LogP contribution < -0.4 is 17.0 Å². The molecule has 0 saturated carbocycles. The highest BCUT2D eigenvalue weighted by Crippen LogP contribution is 2.14. The van der Waals surface area contributed by atoms with Gasteiger partial charge in [0.2, 0.25) is 0 Å². The monoisotopic (exact) mass is 201 g/mol. The van der Waals surface area contributed by atoms with E-state index in [1.165, 1.54) is 0 Å². The van der Waals surface area contributed by atoms with Crippen LogP contribution in [0.4, 0.5) is 5.82 Å². The lowest BCUT2D eigenvalue weighted by atomic mass is 10.3. The number of hydrazine groups is 1. The number of hydrogen-bond donors (Lipinski definition) is 3. The third-order valence-corrected chi connectivity index (χ3v) is 1.68. The Labute approximate surface area is 79.3 Å². The fourth-order valence-corrected chi connectivity index (χ4v) is 0.926. The van der Waals surface area contributed by atoms with Crippen molar-refractivity contribution in [3.63, 3.8) is 0 Å². The minimum absolute atomic E-state index is 0.0100. The summed E-state index contributed by atoms with van der Waals surface area (Å²) in [6.07, 6.45) is 0. The number of halogens is 1. The van der Waals surface area contributed by atoms with E-state index in [1.54, 1.807) is 6.92 Å². The number of hydrogen-bond acceptors (Lipinski definition) is 5. The molecule has 1 heterocycles. The van der Waals surface area contributed by atoms with E-state index in [9.17, 15) is 4.79 Å². The molecule has 0 bridgehead atoms. The molecule has 5 N–H and O–H groups in total. The van der Waals surface area contributed by atoms with Gasteiger partial charge in [-0.15, -0.1) is 0 Å². The number of aryl methyl sites for hydroxylation is 1. The quantitative estimate of drug-likeness (QED) is 0.326. The molecular formula is C6H8ClN5O. The molecule has 1 aromatic rings. The summed E-state index contributed by atoms with van der Waals surface area (Å²) < 4.78 is 0. The van der Waals surface area contributed by atoms with Gasteiger partial charge < -0.3 is 5.73 Å². The van der Waals surface area contributed by atoms with Gasteiger partial charge in [0.15, 0.2) is 16.7 Å². The van der Waals surface area contributed by atoms with Crippen LogP contribution in [-0.2, 0) is 0 Å². The average molecular weight is 202 g/mol. The van der Waals surface area contributed by atoms with Crippen molar-refractivity contribution in [3.05, 3.63) is 16.5 Å². The number of anilines is 1. The third kappa shape index (κ3) is 1.85. The third-order valence-electron chi connectivity index (χ3n) is 1.40. The van der Waals surface area contributed by atoms with Crippen molar-refractivity contribution >= 4 is 23.3 Å². The first-order chi connectivity index (χ1) is 6.06. The first kappa shape index (κ1) is 9.69. The smallest absolute Gasteiger partial charge is 0.285 e. The van der Waals surface area contributed by atoms with Crippen LogP contribution in [0.5, 0.6) is 0 Å². The van der Waals surface area contributed by atoms with Crippen molar-refractivity contribution in [2.45, 2.75) is 6.92 Å². The Morgan fingerprint density at radius 3 is 2.69 bits per heavy atom. The summed E-state index contributed by atoms with van der Waals surface area (Å²) in [5.41, 5.74) is 7.74. The summed E-state index contributed by atoms with van der Waals surface area (Å²) >= 11 is 5.57. The number of carbonyl (C=O) groups excluding carboxylic acids is 1. The van der Waals surface area contributed by atoms with E-state index in [1.807, 2.05) is 5.43 Å². The van der Waals surface area contributed by atoms with Crippen LogP contribution in [-0.4, -0.2) is 15.9 Å². The second kappa shape index (κ2) is 3.55. The molecule has 1 aromatic heterocycles. The zero-order valence-electron chi connectivity index (χ0n) is 6.84. The number of nitrogens with one attached hydrogen (secondary N) is 1. The van der Waals surface area contributed by atoms with Crippen molar-refractivity contribution in [2.75, 3.05) is 5.73 Å². The number of aromatic nitrogens is 2. The molecule has 0 unspecified atom stereocenters. The SMILES string of the molecule is Cc1nc(N)c(Cl)nc1C(=O)NN. The second-order valence-corrected chi connectivity index (χ2v) is 2.67. The van der Waals surface area contributed by atoms with Gasteiger partial charge in [-0.25, -0.2) is 15.8 Å². The molecule has 0 atom stereocenters. The number of nitrogens with two attached hydrogens (primary N) is 2. The van der Waals surface area contributed by atoms with Gasteiger partial charge in [-0.2, -0.15) is 0 Å². The highest BCUT2D eigenvalue weighted by atomic mass is 35.5. The van der Waals surface area contributed by atoms with E-state index in [4.69, 9.17) is 23.2 Å². The number of carbonyl (C=O) groups is 1. The van der Waals surface area contributed by atoms with Crippen molar-refractivity contribution in [2.24, 2.45) is 5.84 Å². The molecule has 0 aromatic carbocycles. The van der Waals surface area contributed by atoms with Crippen LogP contribution in [0.2, 0.25) is 5.15 Å². The molecule has 0 radical (unpaired) electrons. The number of nitrogens with zero attached hydrogens (tertiary/aromatic N) is 2. The Morgan fingerprint density at radius 1 is 1.54 bits per heavy atom. The maximum atomic E-state index is 11.1. The lowest BCUT2D eigenvalue weighted by molar-refractivity contribution is 0.0947. The van der Waals surface area contributed by atoms with E-state index in [0.29, 0.717) is 5.69 Å². The lowest BCUT2D eigenvalue weighted by Gasteiger charge is -2.04. The lowest BCUT2D eigenvalue weighted by Crippen LogP contribution is -2.31. The van der Waals surface area contributed by atoms with Crippen LogP contribution in [0.3, 0.4) is 0 Å². The summed E-state index contributed by atoms with van der Waals surface area (Å²) in [4.78, 5) is 18.6. The predicted molar refractivity (Wildman–Crippen MR) is 47.8 cm³/mol. The molecule has 7 heteroatoms. The van der Waals surface area contributed by atoms with Crippen LogP contribution in [0, 0.1) is 6.92 Å². The second-order valence-electron chi connectivity index (χ2n) is 2.31. The van der Waals surface area contributed by atoms with Crippen molar-refractivity contribution in [3.8, 4) is 0 Å². The Kier molecular flexibility index (Phi) is 2.64. The fourth-order valence-electron chi connectivity index (χ4n) is 0.800. The molecule has 0 aliphatic rings. The minimum Gasteiger partial charge on any atom is -0.381 e. The first-order valence-electron chi connectivity index (χ1n) is 3.36. The Morgan fingerprint density at radius 2 is 2.15 bits per heavy atom. The van der Waals surface area contributed by atoms with Gasteiger partial charge in [0.25, 0.3) is 5.91 Å². The molecule has 1 amide bonds. The van der Waals surface area contributed by atoms with Crippen molar-refractivity contribution < 1.29 is 4.79 Å². The molecule has 13 heavy (non-hydrogen) atoms. The van der Waals surface area contributed by atoms with Gasteiger partial charge in [0, 0.05) is 0 Å². The topological polar surface area (TPSA) is 107 Å². The summed E-state index contributed by atoms with van der Waals surface area (Å²) in [6.45, 7) is 1.59.